The number of rotatable bonds is 3. The van der Waals surface area contributed by atoms with Gasteiger partial charge in [0, 0.05) is 0 Å². The van der Waals surface area contributed by atoms with E-state index in [-0.39, 0.29) is 33.8 Å². The zero-order chi connectivity index (χ0) is 24.9. The fourth-order valence-electron chi connectivity index (χ4n) is 7.21. The molecule has 2 fully saturated rings. The third-order valence-corrected chi connectivity index (χ3v) is 9.24. The highest BCUT2D eigenvalue weighted by atomic mass is 16.3. The first-order valence-electron chi connectivity index (χ1n) is 13.3. The van der Waals surface area contributed by atoms with Gasteiger partial charge in [-0.15, -0.1) is 0 Å². The Bertz CT molecular complexity index is 580. The standard InChI is InChI=1S/C29H55NO2/c1-26(2,3)20-14-18(15-21(24(20)30-32)27(4,5)6)13-19-16-22(28(7,8)9)25(31)23(17-19)29(10,11)12/h18-25,31H,13-17H2,1-12H3. The molecule has 2 rings (SSSR count). The lowest BCUT2D eigenvalue weighted by molar-refractivity contribution is -0.0891. The Kier molecular flexibility index (Phi) is 8.09. The Balaban J connectivity index is 2.31. The highest BCUT2D eigenvalue weighted by molar-refractivity contribution is 5.01. The van der Waals surface area contributed by atoms with E-state index in [9.17, 15) is 10.0 Å². The van der Waals surface area contributed by atoms with Crippen molar-refractivity contribution in [1.82, 2.24) is 0 Å². The molecular formula is C29H55NO2. The predicted octanol–water partition coefficient (Wildman–Crippen LogP) is 8.34. The average Bonchev–Trinajstić information content (AvgIpc) is 2.58. The molecule has 0 aromatic heterocycles. The maximum Gasteiger partial charge on any atom is 0.0985 e. The summed E-state index contributed by atoms with van der Waals surface area (Å²) in [5, 5.41) is 15.1. The van der Waals surface area contributed by atoms with Crippen LogP contribution in [-0.4, -0.2) is 17.3 Å². The molecule has 1 N–H and O–H groups in total. The van der Waals surface area contributed by atoms with Crippen molar-refractivity contribution in [3.8, 4) is 0 Å². The van der Waals surface area contributed by atoms with Crippen LogP contribution in [0.2, 0.25) is 0 Å². The lowest BCUT2D eigenvalue weighted by Crippen LogP contribution is -2.49. The van der Waals surface area contributed by atoms with Gasteiger partial charge in [0.2, 0.25) is 0 Å². The molecule has 0 spiro atoms. The summed E-state index contributed by atoms with van der Waals surface area (Å²) in [5.74, 6) is 2.66. The average molecular weight is 450 g/mol. The maximum absolute atomic E-state index is 12.0. The summed E-state index contributed by atoms with van der Waals surface area (Å²) in [6.07, 6.45) is 5.51. The van der Waals surface area contributed by atoms with Crippen LogP contribution in [0, 0.1) is 62.1 Å². The fraction of sp³-hybridized carbons (Fsp3) is 1.00. The normalized spacial score (nSPS) is 37.9. The molecule has 3 heteroatoms. The van der Waals surface area contributed by atoms with E-state index >= 15 is 0 Å². The maximum atomic E-state index is 12.0. The number of aliphatic hydroxyl groups excluding tert-OH is 1. The van der Waals surface area contributed by atoms with Crippen molar-refractivity contribution in [3.05, 3.63) is 4.91 Å². The fourth-order valence-corrected chi connectivity index (χ4v) is 7.21. The first-order valence-corrected chi connectivity index (χ1v) is 13.3. The van der Waals surface area contributed by atoms with E-state index in [1.54, 1.807) is 0 Å². The minimum Gasteiger partial charge on any atom is -0.393 e. The zero-order valence-corrected chi connectivity index (χ0v) is 23.5. The van der Waals surface area contributed by atoms with Gasteiger partial charge in [0.1, 0.15) is 0 Å². The molecule has 2 aliphatic rings. The smallest absolute Gasteiger partial charge is 0.0985 e. The Morgan fingerprint density at radius 2 is 0.875 bits per heavy atom. The second kappa shape index (κ2) is 9.31. The number of hydrogen-bond donors (Lipinski definition) is 1. The topological polar surface area (TPSA) is 49.7 Å². The van der Waals surface area contributed by atoms with Crippen LogP contribution in [0.25, 0.3) is 0 Å². The molecule has 0 amide bonds. The van der Waals surface area contributed by atoms with Gasteiger partial charge in [0.05, 0.1) is 12.1 Å². The van der Waals surface area contributed by atoms with E-state index < -0.39 is 0 Å². The summed E-state index contributed by atoms with van der Waals surface area (Å²) in [7, 11) is 0. The van der Waals surface area contributed by atoms with E-state index in [0.717, 1.165) is 25.7 Å². The summed E-state index contributed by atoms with van der Waals surface area (Å²) >= 11 is 0. The largest absolute Gasteiger partial charge is 0.393 e. The van der Waals surface area contributed by atoms with E-state index in [2.05, 4.69) is 88.3 Å². The van der Waals surface area contributed by atoms with Crippen molar-refractivity contribution in [1.29, 1.82) is 0 Å². The molecule has 32 heavy (non-hydrogen) atoms. The third-order valence-electron chi connectivity index (χ3n) is 9.24. The van der Waals surface area contributed by atoms with Gasteiger partial charge in [-0.3, -0.25) is 0 Å². The van der Waals surface area contributed by atoms with E-state index in [1.807, 2.05) is 0 Å². The summed E-state index contributed by atoms with van der Waals surface area (Å²) in [4.78, 5) is 12.0. The van der Waals surface area contributed by atoms with Gasteiger partial charge in [0.15, 0.2) is 0 Å². The summed E-state index contributed by atoms with van der Waals surface area (Å²) in [6, 6.07) is -0.0796. The molecule has 3 nitrogen and oxygen atoms in total. The van der Waals surface area contributed by atoms with Crippen LogP contribution in [0.1, 0.15) is 115 Å². The van der Waals surface area contributed by atoms with Gasteiger partial charge < -0.3 is 5.11 Å². The minimum atomic E-state index is -0.217. The van der Waals surface area contributed by atoms with Crippen LogP contribution in [0.4, 0.5) is 0 Å². The molecule has 4 atom stereocenters. The molecule has 0 aromatic carbocycles. The molecule has 0 radical (unpaired) electrons. The lowest BCUT2D eigenvalue weighted by atomic mass is 9.54. The molecule has 188 valence electrons. The van der Waals surface area contributed by atoms with Crippen LogP contribution in [-0.2, 0) is 0 Å². The van der Waals surface area contributed by atoms with Gasteiger partial charge in [-0.05, 0) is 89.3 Å². The van der Waals surface area contributed by atoms with Crippen molar-refractivity contribution < 1.29 is 5.11 Å². The quantitative estimate of drug-likeness (QED) is 0.440. The van der Waals surface area contributed by atoms with Crippen LogP contribution >= 0.6 is 0 Å². The monoisotopic (exact) mass is 449 g/mol. The van der Waals surface area contributed by atoms with Crippen LogP contribution in [0.5, 0.6) is 0 Å². The summed E-state index contributed by atoms with van der Waals surface area (Å²) in [6.45, 7) is 27.6. The molecule has 0 bridgehead atoms. The van der Waals surface area contributed by atoms with E-state index in [1.165, 1.54) is 6.42 Å². The van der Waals surface area contributed by atoms with Crippen molar-refractivity contribution in [2.75, 3.05) is 0 Å². The van der Waals surface area contributed by atoms with Gasteiger partial charge >= 0.3 is 0 Å². The Morgan fingerprint density at radius 3 is 1.12 bits per heavy atom. The van der Waals surface area contributed by atoms with Gasteiger partial charge in [-0.2, -0.15) is 4.91 Å². The molecular weight excluding hydrogens is 394 g/mol. The number of hydrogen-bond acceptors (Lipinski definition) is 3. The van der Waals surface area contributed by atoms with Gasteiger partial charge in [-0.25, -0.2) is 0 Å². The number of nitroso groups, excluding NO2 is 1. The minimum absolute atomic E-state index is 0.0796. The number of aliphatic hydroxyl groups is 1. The van der Waals surface area contributed by atoms with Crippen LogP contribution in [0.3, 0.4) is 0 Å². The SMILES string of the molecule is CC(C)(C)C1CC(CC2CC(C(C)(C)C)C(N=O)C(C(C)(C)C)C2)CC(C(C)(C)C)C1O. The highest BCUT2D eigenvalue weighted by Gasteiger charge is 2.50. The molecule has 0 heterocycles. The highest BCUT2D eigenvalue weighted by Crippen LogP contribution is 2.54. The summed E-state index contributed by atoms with van der Waals surface area (Å²) < 4.78 is 0. The van der Waals surface area contributed by atoms with Crippen molar-refractivity contribution in [2.24, 2.45) is 62.3 Å². The molecule has 0 saturated heterocycles. The zero-order valence-electron chi connectivity index (χ0n) is 23.5. The van der Waals surface area contributed by atoms with Crippen molar-refractivity contribution in [2.45, 2.75) is 127 Å². The Morgan fingerprint density at radius 1 is 0.594 bits per heavy atom. The second-order valence-electron chi connectivity index (χ2n) is 15.9. The Hall–Kier alpha value is -0.440. The van der Waals surface area contributed by atoms with E-state index in [4.69, 9.17) is 0 Å². The lowest BCUT2D eigenvalue weighted by Gasteiger charge is -2.52. The third kappa shape index (κ3) is 6.36. The second-order valence-corrected chi connectivity index (χ2v) is 15.9. The van der Waals surface area contributed by atoms with Crippen molar-refractivity contribution >= 4 is 0 Å². The van der Waals surface area contributed by atoms with Crippen LogP contribution < -0.4 is 0 Å². The first-order chi connectivity index (χ1) is 14.3. The molecule has 4 unspecified atom stereocenters. The van der Waals surface area contributed by atoms with E-state index in [0.29, 0.717) is 35.5 Å². The molecule has 2 aliphatic carbocycles. The van der Waals surface area contributed by atoms with Crippen molar-refractivity contribution in [3.63, 3.8) is 0 Å². The molecule has 0 aromatic rings. The summed E-state index contributed by atoms with van der Waals surface area (Å²) in [5.41, 5.74) is 0.405. The predicted molar refractivity (Wildman–Crippen MR) is 137 cm³/mol. The van der Waals surface area contributed by atoms with Crippen LogP contribution in [0.15, 0.2) is 5.18 Å². The molecule has 2 saturated carbocycles. The van der Waals surface area contributed by atoms with Gasteiger partial charge in [0.25, 0.3) is 0 Å². The first kappa shape index (κ1) is 27.8. The Labute approximate surface area is 199 Å². The molecule has 0 aliphatic heterocycles. The van der Waals surface area contributed by atoms with Gasteiger partial charge in [-0.1, -0.05) is 88.3 Å². The number of nitrogens with zero attached hydrogens (tertiary/aromatic N) is 1.